The molecule has 0 aliphatic carbocycles. The number of fused-ring (bicyclic) bond motifs is 1. The van der Waals surface area contributed by atoms with Gasteiger partial charge in [-0.3, -0.25) is 10.2 Å². The molecule has 0 saturated carbocycles. The number of H-pyrrole nitrogens is 1. The molecule has 4 rings (SSSR count). The molecule has 0 aliphatic rings. The maximum Gasteiger partial charge on any atom is 0.220 e. The van der Waals surface area contributed by atoms with Crippen LogP contribution in [0.5, 0.6) is 5.75 Å². The highest BCUT2D eigenvalue weighted by Gasteiger charge is 2.15. The number of nitrogens with one attached hydrogen (secondary N) is 3. The Hall–Kier alpha value is -3.65. The standard InChI is InChI=1S/C24H22BrN5O2/c25-18-11-15(6-9-21(31)28-13-14-4-2-1-3-5-14)10-17(22(18)32)24-29-19-8-7-16(23(26)27)12-20(19)30-24/h1-5,7-8,10-12,32H,6,9,13H2,(H3,26,27)(H,28,31)(H,29,30). The number of rotatable bonds is 7. The molecule has 8 heteroatoms. The summed E-state index contributed by atoms with van der Waals surface area (Å²) in [4.78, 5) is 20.0. The van der Waals surface area contributed by atoms with Crippen LogP contribution in [0.4, 0.5) is 0 Å². The first kappa shape index (κ1) is 21.6. The number of amides is 1. The lowest BCUT2D eigenvalue weighted by molar-refractivity contribution is -0.121. The molecule has 32 heavy (non-hydrogen) atoms. The monoisotopic (exact) mass is 491 g/mol. The van der Waals surface area contributed by atoms with E-state index in [2.05, 4.69) is 31.2 Å². The second kappa shape index (κ2) is 9.23. The molecule has 3 aromatic carbocycles. The fraction of sp³-hybridized carbons (Fsp3) is 0.125. The summed E-state index contributed by atoms with van der Waals surface area (Å²) in [5.74, 6) is 0.490. The fourth-order valence-corrected chi connectivity index (χ4v) is 3.94. The summed E-state index contributed by atoms with van der Waals surface area (Å²) in [6.07, 6.45) is 0.840. The molecule has 4 aromatic rings. The first-order valence-corrected chi connectivity index (χ1v) is 10.9. The molecule has 0 spiro atoms. The SMILES string of the molecule is N=C(N)c1ccc2nc(-c3cc(CCC(=O)NCc4ccccc4)cc(Br)c3O)[nH]c2c1. The Kier molecular flexibility index (Phi) is 6.23. The predicted molar refractivity (Wildman–Crippen MR) is 129 cm³/mol. The van der Waals surface area contributed by atoms with E-state index >= 15 is 0 Å². The molecular formula is C24H22BrN5O2. The summed E-state index contributed by atoms with van der Waals surface area (Å²) >= 11 is 3.40. The molecule has 0 fully saturated rings. The van der Waals surface area contributed by atoms with Gasteiger partial charge in [-0.15, -0.1) is 0 Å². The summed E-state index contributed by atoms with van der Waals surface area (Å²) in [5, 5.41) is 21.1. The van der Waals surface area contributed by atoms with Crippen LogP contribution in [0.15, 0.2) is 65.1 Å². The van der Waals surface area contributed by atoms with E-state index in [9.17, 15) is 9.90 Å². The van der Waals surface area contributed by atoms with E-state index in [0.29, 0.717) is 51.8 Å². The summed E-state index contributed by atoms with van der Waals surface area (Å²) < 4.78 is 0.527. The van der Waals surface area contributed by atoms with Crippen LogP contribution in [0.3, 0.4) is 0 Å². The van der Waals surface area contributed by atoms with E-state index in [1.807, 2.05) is 36.4 Å². The number of hydrogen-bond donors (Lipinski definition) is 5. The zero-order chi connectivity index (χ0) is 22.7. The van der Waals surface area contributed by atoms with Crippen molar-refractivity contribution in [3.05, 3.63) is 81.8 Å². The number of nitrogen functional groups attached to an aromatic ring is 1. The van der Waals surface area contributed by atoms with Crippen molar-refractivity contribution in [2.45, 2.75) is 19.4 Å². The van der Waals surface area contributed by atoms with Crippen molar-refractivity contribution in [2.75, 3.05) is 0 Å². The average molecular weight is 492 g/mol. The smallest absolute Gasteiger partial charge is 0.220 e. The number of amidine groups is 1. The zero-order valence-electron chi connectivity index (χ0n) is 17.2. The highest BCUT2D eigenvalue weighted by molar-refractivity contribution is 9.10. The van der Waals surface area contributed by atoms with Gasteiger partial charge in [-0.25, -0.2) is 4.98 Å². The highest BCUT2D eigenvalue weighted by Crippen LogP contribution is 2.36. The van der Waals surface area contributed by atoms with E-state index in [0.717, 1.165) is 11.1 Å². The van der Waals surface area contributed by atoms with Crippen LogP contribution in [0.25, 0.3) is 22.4 Å². The number of aromatic nitrogens is 2. The zero-order valence-corrected chi connectivity index (χ0v) is 18.7. The fourth-order valence-electron chi connectivity index (χ4n) is 3.43. The minimum absolute atomic E-state index is 0.0267. The number of aromatic amines is 1. The van der Waals surface area contributed by atoms with Gasteiger partial charge in [0.25, 0.3) is 0 Å². The number of imidazole rings is 1. The first-order valence-electron chi connectivity index (χ1n) is 10.1. The summed E-state index contributed by atoms with van der Waals surface area (Å²) in [5.41, 5.74) is 10.0. The van der Waals surface area contributed by atoms with Crippen LogP contribution < -0.4 is 11.1 Å². The van der Waals surface area contributed by atoms with Gasteiger partial charge in [0.2, 0.25) is 5.91 Å². The summed E-state index contributed by atoms with van der Waals surface area (Å²) in [6.45, 7) is 0.491. The number of aromatic hydroxyl groups is 1. The van der Waals surface area contributed by atoms with E-state index in [1.165, 1.54) is 0 Å². The quantitative estimate of drug-likeness (QED) is 0.195. The Morgan fingerprint density at radius 3 is 2.66 bits per heavy atom. The average Bonchev–Trinajstić information content (AvgIpc) is 3.22. The van der Waals surface area contributed by atoms with E-state index in [1.54, 1.807) is 24.3 Å². The molecule has 1 aromatic heterocycles. The molecule has 6 N–H and O–H groups in total. The van der Waals surface area contributed by atoms with Gasteiger partial charge in [-0.05, 0) is 63.8 Å². The number of nitrogens with zero attached hydrogens (tertiary/aromatic N) is 1. The van der Waals surface area contributed by atoms with Gasteiger partial charge in [0.1, 0.15) is 17.4 Å². The Morgan fingerprint density at radius 2 is 1.91 bits per heavy atom. The minimum atomic E-state index is -0.0416. The Morgan fingerprint density at radius 1 is 1.12 bits per heavy atom. The third-order valence-electron chi connectivity index (χ3n) is 5.14. The maximum absolute atomic E-state index is 12.3. The van der Waals surface area contributed by atoms with Crippen molar-refractivity contribution >= 4 is 38.7 Å². The number of aryl methyl sites for hydroxylation is 1. The van der Waals surface area contributed by atoms with Gasteiger partial charge in [0.05, 0.1) is 21.1 Å². The van der Waals surface area contributed by atoms with Crippen molar-refractivity contribution < 1.29 is 9.90 Å². The lowest BCUT2D eigenvalue weighted by Crippen LogP contribution is -2.22. The van der Waals surface area contributed by atoms with Crippen molar-refractivity contribution in [3.63, 3.8) is 0 Å². The summed E-state index contributed by atoms with van der Waals surface area (Å²) in [7, 11) is 0. The van der Waals surface area contributed by atoms with Gasteiger partial charge in [0.15, 0.2) is 0 Å². The largest absolute Gasteiger partial charge is 0.506 e. The van der Waals surface area contributed by atoms with Crippen LogP contribution in [0.2, 0.25) is 0 Å². The van der Waals surface area contributed by atoms with Crippen LogP contribution >= 0.6 is 15.9 Å². The van der Waals surface area contributed by atoms with Crippen molar-refractivity contribution in [1.82, 2.24) is 15.3 Å². The second-order valence-electron chi connectivity index (χ2n) is 7.47. The number of phenols is 1. The lowest BCUT2D eigenvalue weighted by Gasteiger charge is -2.09. The highest BCUT2D eigenvalue weighted by atomic mass is 79.9. The molecule has 0 bridgehead atoms. The number of nitrogens with two attached hydrogens (primary N) is 1. The minimum Gasteiger partial charge on any atom is -0.506 e. The third kappa shape index (κ3) is 4.81. The van der Waals surface area contributed by atoms with Gasteiger partial charge < -0.3 is 21.1 Å². The lowest BCUT2D eigenvalue weighted by atomic mass is 10.0. The van der Waals surface area contributed by atoms with Gasteiger partial charge in [-0.1, -0.05) is 30.3 Å². The van der Waals surface area contributed by atoms with Crippen LogP contribution in [-0.4, -0.2) is 26.8 Å². The van der Waals surface area contributed by atoms with Gasteiger partial charge in [0, 0.05) is 18.5 Å². The molecule has 0 aliphatic heterocycles. The Balaban J connectivity index is 1.51. The van der Waals surface area contributed by atoms with Crippen LogP contribution in [0.1, 0.15) is 23.1 Å². The molecule has 1 heterocycles. The Bertz CT molecular complexity index is 1300. The van der Waals surface area contributed by atoms with Crippen LogP contribution in [-0.2, 0) is 17.8 Å². The molecule has 0 saturated heterocycles. The molecule has 0 unspecified atom stereocenters. The number of carbonyl (C=O) groups is 1. The summed E-state index contributed by atoms with van der Waals surface area (Å²) in [6, 6.07) is 18.7. The van der Waals surface area contributed by atoms with Crippen molar-refractivity contribution in [3.8, 4) is 17.1 Å². The number of halogens is 1. The molecule has 7 nitrogen and oxygen atoms in total. The number of hydrogen-bond acceptors (Lipinski definition) is 4. The Labute approximate surface area is 193 Å². The first-order chi connectivity index (χ1) is 15.4. The van der Waals surface area contributed by atoms with E-state index < -0.39 is 0 Å². The molecule has 0 atom stereocenters. The van der Waals surface area contributed by atoms with Gasteiger partial charge in [-0.2, -0.15) is 0 Å². The predicted octanol–water partition coefficient (Wildman–Crippen LogP) is 4.23. The molecule has 1 amide bonds. The van der Waals surface area contributed by atoms with E-state index in [-0.39, 0.29) is 17.5 Å². The maximum atomic E-state index is 12.3. The number of benzene rings is 3. The second-order valence-corrected chi connectivity index (χ2v) is 8.32. The van der Waals surface area contributed by atoms with Crippen LogP contribution in [0, 0.1) is 5.41 Å². The number of phenolic OH excluding ortho intramolecular Hbond substituents is 1. The molecular weight excluding hydrogens is 470 g/mol. The molecule has 0 radical (unpaired) electrons. The van der Waals surface area contributed by atoms with Gasteiger partial charge >= 0.3 is 0 Å². The third-order valence-corrected chi connectivity index (χ3v) is 5.75. The normalized spacial score (nSPS) is 10.9. The topological polar surface area (TPSA) is 128 Å². The van der Waals surface area contributed by atoms with E-state index in [4.69, 9.17) is 11.1 Å². The molecule has 162 valence electrons. The van der Waals surface area contributed by atoms with Crippen molar-refractivity contribution in [2.24, 2.45) is 5.73 Å². The number of carbonyl (C=O) groups excluding carboxylic acids is 1. The van der Waals surface area contributed by atoms with Crippen molar-refractivity contribution in [1.29, 1.82) is 5.41 Å².